The zero-order valence-corrected chi connectivity index (χ0v) is 17.3. The Morgan fingerprint density at radius 1 is 0.970 bits per heavy atom. The normalized spacial score (nSPS) is 10.2. The van der Waals surface area contributed by atoms with Gasteiger partial charge >= 0.3 is 5.69 Å². The van der Waals surface area contributed by atoms with E-state index in [1.807, 2.05) is 6.92 Å². The lowest BCUT2D eigenvalue weighted by Gasteiger charge is -2.11. The number of amides is 1. The first kappa shape index (κ1) is 22.9. The number of rotatable bonds is 10. The van der Waals surface area contributed by atoms with Crippen LogP contribution in [0.2, 0.25) is 0 Å². The molecule has 0 fully saturated rings. The van der Waals surface area contributed by atoms with Gasteiger partial charge in [-0.1, -0.05) is 12.1 Å². The summed E-state index contributed by atoms with van der Waals surface area (Å²) in [6, 6.07) is 12.2. The number of non-ortho nitro benzene ring substituents is 1. The van der Waals surface area contributed by atoms with E-state index >= 15 is 0 Å². The molecule has 0 aliphatic carbocycles. The minimum atomic E-state index is -0.679. The molecule has 3 aromatic rings. The summed E-state index contributed by atoms with van der Waals surface area (Å²) < 4.78 is 5.36. The van der Waals surface area contributed by atoms with E-state index in [0.717, 1.165) is 6.33 Å². The molecule has 170 valence electrons. The summed E-state index contributed by atoms with van der Waals surface area (Å²) in [4.78, 5) is 41.1. The van der Waals surface area contributed by atoms with Crippen molar-refractivity contribution in [2.75, 3.05) is 17.3 Å². The van der Waals surface area contributed by atoms with Crippen LogP contribution >= 0.6 is 0 Å². The van der Waals surface area contributed by atoms with Gasteiger partial charge in [0, 0.05) is 17.8 Å². The zero-order valence-electron chi connectivity index (χ0n) is 17.3. The number of ether oxygens (including phenoxy) is 1. The number of hydrogen-bond acceptors (Lipinski definition) is 10. The monoisotopic (exact) mass is 453 g/mol. The van der Waals surface area contributed by atoms with Gasteiger partial charge in [-0.2, -0.15) is 0 Å². The van der Waals surface area contributed by atoms with E-state index in [-0.39, 0.29) is 23.7 Å². The zero-order chi connectivity index (χ0) is 23.8. The van der Waals surface area contributed by atoms with E-state index in [1.54, 1.807) is 24.3 Å². The summed E-state index contributed by atoms with van der Waals surface area (Å²) in [6.45, 7) is 2.37. The third kappa shape index (κ3) is 6.10. The van der Waals surface area contributed by atoms with Crippen LogP contribution in [0.15, 0.2) is 54.9 Å². The van der Waals surface area contributed by atoms with Crippen LogP contribution in [0.25, 0.3) is 0 Å². The lowest BCUT2D eigenvalue weighted by molar-refractivity contribution is -0.384. The van der Waals surface area contributed by atoms with Gasteiger partial charge in [-0.15, -0.1) is 0 Å². The average Bonchev–Trinajstić information content (AvgIpc) is 2.79. The molecule has 2 aromatic carbocycles. The minimum Gasteiger partial charge on any atom is -0.494 e. The summed E-state index contributed by atoms with van der Waals surface area (Å²) in [6.07, 6.45) is 0.996. The molecule has 3 rings (SSSR count). The first-order chi connectivity index (χ1) is 15.9. The van der Waals surface area contributed by atoms with Gasteiger partial charge in [-0.3, -0.25) is 35.9 Å². The van der Waals surface area contributed by atoms with Crippen molar-refractivity contribution in [2.45, 2.75) is 13.3 Å². The number of nitro groups is 2. The van der Waals surface area contributed by atoms with Crippen molar-refractivity contribution in [1.29, 1.82) is 0 Å². The van der Waals surface area contributed by atoms with Gasteiger partial charge in [0.1, 0.15) is 12.1 Å². The van der Waals surface area contributed by atoms with Crippen LogP contribution in [0, 0.1) is 20.2 Å². The summed E-state index contributed by atoms with van der Waals surface area (Å²) in [5.41, 5.74) is 5.26. The van der Waals surface area contributed by atoms with Crippen molar-refractivity contribution in [3.63, 3.8) is 0 Å². The molecule has 0 radical (unpaired) electrons. The molecule has 13 heteroatoms. The van der Waals surface area contributed by atoms with Crippen LogP contribution in [-0.4, -0.2) is 32.3 Å². The Morgan fingerprint density at radius 2 is 1.64 bits per heavy atom. The maximum Gasteiger partial charge on any atom is 0.355 e. The molecule has 0 spiro atoms. The van der Waals surface area contributed by atoms with E-state index in [2.05, 4.69) is 26.1 Å². The van der Waals surface area contributed by atoms with E-state index in [4.69, 9.17) is 4.74 Å². The van der Waals surface area contributed by atoms with Gasteiger partial charge in [0.15, 0.2) is 0 Å². The fraction of sp³-hybridized carbons (Fsp3) is 0.150. The highest BCUT2D eigenvalue weighted by atomic mass is 16.6. The van der Waals surface area contributed by atoms with Crippen molar-refractivity contribution in [3.05, 3.63) is 80.7 Å². The molecular weight excluding hydrogens is 434 g/mol. The third-order valence-corrected chi connectivity index (χ3v) is 4.27. The number of benzene rings is 2. The van der Waals surface area contributed by atoms with E-state index in [0.29, 0.717) is 23.6 Å². The number of aromatic nitrogens is 2. The van der Waals surface area contributed by atoms with Gasteiger partial charge in [0.2, 0.25) is 17.5 Å². The van der Waals surface area contributed by atoms with Gasteiger partial charge in [-0.05, 0) is 36.8 Å². The molecule has 0 bridgehead atoms. The number of carbonyl (C=O) groups excluding carboxylic acids is 1. The largest absolute Gasteiger partial charge is 0.494 e. The van der Waals surface area contributed by atoms with Crippen molar-refractivity contribution < 1.29 is 19.4 Å². The molecule has 1 amide bonds. The van der Waals surface area contributed by atoms with Crippen LogP contribution in [-0.2, 0) is 11.2 Å². The number of anilines is 3. The van der Waals surface area contributed by atoms with Crippen LogP contribution in [0.1, 0.15) is 12.5 Å². The first-order valence-corrected chi connectivity index (χ1v) is 9.64. The van der Waals surface area contributed by atoms with E-state index in [9.17, 15) is 25.0 Å². The maximum atomic E-state index is 12.2. The Kier molecular flexibility index (Phi) is 7.26. The molecule has 1 heterocycles. The van der Waals surface area contributed by atoms with Crippen LogP contribution in [0.3, 0.4) is 0 Å². The summed E-state index contributed by atoms with van der Waals surface area (Å²) in [5, 5.41) is 25.2. The van der Waals surface area contributed by atoms with Crippen LogP contribution in [0.4, 0.5) is 28.7 Å². The summed E-state index contributed by atoms with van der Waals surface area (Å²) >= 11 is 0. The minimum absolute atomic E-state index is 0.0775. The van der Waals surface area contributed by atoms with Gasteiger partial charge in [0.05, 0.1) is 22.9 Å². The van der Waals surface area contributed by atoms with E-state index < -0.39 is 21.4 Å². The molecule has 0 aliphatic heterocycles. The Morgan fingerprint density at radius 3 is 2.24 bits per heavy atom. The van der Waals surface area contributed by atoms with Crippen LogP contribution in [0.5, 0.6) is 5.75 Å². The highest BCUT2D eigenvalue weighted by Crippen LogP contribution is 2.31. The Hall–Kier alpha value is -4.81. The topological polar surface area (TPSA) is 174 Å². The predicted molar refractivity (Wildman–Crippen MR) is 118 cm³/mol. The SMILES string of the molecule is CCOc1ccc(Nc2ncnc(NNC(=O)Cc3ccc([N+](=O)[O-])cc3)c2[N+](=O)[O-])cc1. The molecule has 33 heavy (non-hydrogen) atoms. The lowest BCUT2D eigenvalue weighted by atomic mass is 10.1. The number of hydrogen-bond donors (Lipinski definition) is 3. The third-order valence-electron chi connectivity index (χ3n) is 4.27. The quantitative estimate of drug-likeness (QED) is 0.305. The second kappa shape index (κ2) is 10.5. The number of nitrogens with zero attached hydrogens (tertiary/aromatic N) is 4. The molecule has 0 unspecified atom stereocenters. The highest BCUT2D eigenvalue weighted by Gasteiger charge is 2.23. The fourth-order valence-corrected chi connectivity index (χ4v) is 2.77. The molecule has 13 nitrogen and oxygen atoms in total. The number of nitro benzene ring substituents is 1. The molecule has 0 saturated heterocycles. The highest BCUT2D eigenvalue weighted by molar-refractivity contribution is 5.81. The van der Waals surface area contributed by atoms with Gasteiger partial charge in [-0.25, -0.2) is 9.97 Å². The Labute approximate surface area is 187 Å². The Bertz CT molecular complexity index is 1150. The molecule has 0 atom stereocenters. The second-order valence-corrected chi connectivity index (χ2v) is 6.53. The van der Waals surface area contributed by atoms with Crippen molar-refractivity contribution in [3.8, 4) is 5.75 Å². The smallest absolute Gasteiger partial charge is 0.355 e. The Balaban J connectivity index is 1.69. The molecule has 0 aliphatic rings. The van der Waals surface area contributed by atoms with Gasteiger partial charge in [0.25, 0.3) is 5.69 Å². The number of carbonyl (C=O) groups is 1. The molecule has 1 aromatic heterocycles. The van der Waals surface area contributed by atoms with Crippen molar-refractivity contribution >= 4 is 34.6 Å². The first-order valence-electron chi connectivity index (χ1n) is 9.64. The molecule has 3 N–H and O–H groups in total. The fourth-order valence-electron chi connectivity index (χ4n) is 2.77. The second-order valence-electron chi connectivity index (χ2n) is 6.53. The van der Waals surface area contributed by atoms with Crippen LogP contribution < -0.4 is 20.9 Å². The lowest BCUT2D eigenvalue weighted by Crippen LogP contribution is -2.31. The number of hydrazine groups is 1. The van der Waals surface area contributed by atoms with E-state index in [1.165, 1.54) is 24.3 Å². The summed E-state index contributed by atoms with van der Waals surface area (Å²) in [5.74, 6) is -0.178. The van der Waals surface area contributed by atoms with Crippen molar-refractivity contribution in [2.24, 2.45) is 0 Å². The standard InChI is InChI=1S/C20H19N7O6/c1-2-33-16-9-5-14(6-10-16)23-19-18(27(31)32)20(22-12-21-19)25-24-17(28)11-13-3-7-15(8-4-13)26(29)30/h3-10,12H,2,11H2,1H3,(H,24,28)(H2,21,22,23,25). The summed E-state index contributed by atoms with van der Waals surface area (Å²) in [7, 11) is 0. The molecular formula is C20H19N7O6. The maximum absolute atomic E-state index is 12.2. The number of nitrogens with one attached hydrogen (secondary N) is 3. The molecule has 0 saturated carbocycles. The van der Waals surface area contributed by atoms with Gasteiger partial charge < -0.3 is 10.1 Å². The van der Waals surface area contributed by atoms with Crippen molar-refractivity contribution in [1.82, 2.24) is 15.4 Å². The average molecular weight is 453 g/mol. The predicted octanol–water partition coefficient (Wildman–Crippen LogP) is 3.12.